The number of anilines is 1. The molecule has 1 atom stereocenters. The number of halogens is 1. The highest BCUT2D eigenvalue weighted by atomic mass is 35.5. The first-order valence-electron chi connectivity index (χ1n) is 6.82. The lowest BCUT2D eigenvalue weighted by Gasteiger charge is -2.13. The van der Waals surface area contributed by atoms with Gasteiger partial charge in [0.15, 0.2) is 6.10 Å². The van der Waals surface area contributed by atoms with Crippen molar-refractivity contribution in [1.29, 1.82) is 0 Å². The fourth-order valence-electron chi connectivity index (χ4n) is 1.79. The molecule has 118 valence electrons. The number of benzene rings is 2. The predicted octanol–water partition coefficient (Wildman–Crippen LogP) is 3.34. The van der Waals surface area contributed by atoms with Crippen molar-refractivity contribution in [2.75, 3.05) is 5.32 Å². The number of hydrogen-bond acceptors (Lipinski definition) is 4. The molecule has 0 aliphatic carbocycles. The number of hydrogen-bond donors (Lipinski definition) is 1. The van der Waals surface area contributed by atoms with Gasteiger partial charge in [-0.25, -0.2) is 4.79 Å². The summed E-state index contributed by atoms with van der Waals surface area (Å²) < 4.78 is 5.10. The lowest BCUT2D eigenvalue weighted by molar-refractivity contribution is -0.123. The molecule has 1 N–H and O–H groups in total. The normalized spacial score (nSPS) is 11.4. The van der Waals surface area contributed by atoms with E-state index in [0.717, 1.165) is 0 Å². The number of carbonyl (C=O) groups is 3. The minimum atomic E-state index is -0.979. The van der Waals surface area contributed by atoms with Crippen molar-refractivity contribution in [2.24, 2.45) is 0 Å². The Kier molecular flexibility index (Phi) is 5.49. The molecule has 0 bridgehead atoms. The van der Waals surface area contributed by atoms with Crippen LogP contribution in [-0.2, 0) is 9.53 Å². The second-order valence-corrected chi connectivity index (χ2v) is 5.22. The summed E-state index contributed by atoms with van der Waals surface area (Å²) in [6.07, 6.45) is -0.303. The topological polar surface area (TPSA) is 72.5 Å². The number of amides is 1. The monoisotopic (exact) mass is 331 g/mol. The molecular weight excluding hydrogens is 318 g/mol. The third-order valence-corrected chi connectivity index (χ3v) is 3.26. The Morgan fingerprint density at radius 3 is 2.48 bits per heavy atom. The van der Waals surface area contributed by atoms with E-state index in [1.54, 1.807) is 24.3 Å². The van der Waals surface area contributed by atoms with Crippen LogP contribution in [0.1, 0.15) is 27.6 Å². The Bertz CT molecular complexity index is 728. The SMILES string of the molecule is C[C@@H](OC(=O)c1ccc(C=O)cc1)C(=O)Nc1cccc(Cl)c1. The summed E-state index contributed by atoms with van der Waals surface area (Å²) in [6.45, 7) is 1.47. The minimum Gasteiger partial charge on any atom is -0.449 e. The predicted molar refractivity (Wildman–Crippen MR) is 86.8 cm³/mol. The van der Waals surface area contributed by atoms with Crippen molar-refractivity contribution >= 4 is 35.5 Å². The van der Waals surface area contributed by atoms with E-state index in [1.165, 1.54) is 31.2 Å². The summed E-state index contributed by atoms with van der Waals surface area (Å²) in [6, 6.07) is 12.6. The van der Waals surface area contributed by atoms with Crippen LogP contribution in [0.3, 0.4) is 0 Å². The van der Waals surface area contributed by atoms with Gasteiger partial charge < -0.3 is 10.1 Å². The standard InChI is InChI=1S/C17H14ClNO4/c1-11(16(21)19-15-4-2-3-14(18)9-15)23-17(22)13-7-5-12(10-20)6-8-13/h2-11H,1H3,(H,19,21)/t11-/m1/s1. The van der Waals surface area contributed by atoms with Crippen molar-refractivity contribution in [3.05, 3.63) is 64.7 Å². The first-order valence-corrected chi connectivity index (χ1v) is 7.20. The van der Waals surface area contributed by atoms with E-state index in [1.807, 2.05) is 0 Å². The highest BCUT2D eigenvalue weighted by molar-refractivity contribution is 6.30. The van der Waals surface area contributed by atoms with Crippen LogP contribution < -0.4 is 5.32 Å². The first-order chi connectivity index (χ1) is 11.0. The van der Waals surface area contributed by atoms with Gasteiger partial charge in [0.05, 0.1) is 5.56 Å². The molecule has 23 heavy (non-hydrogen) atoms. The zero-order valence-corrected chi connectivity index (χ0v) is 13.0. The zero-order chi connectivity index (χ0) is 16.8. The van der Waals surface area contributed by atoms with E-state index in [2.05, 4.69) is 5.32 Å². The number of aldehydes is 1. The van der Waals surface area contributed by atoms with Gasteiger partial charge in [-0.1, -0.05) is 29.8 Å². The number of esters is 1. The number of ether oxygens (including phenoxy) is 1. The second-order valence-electron chi connectivity index (χ2n) is 4.79. The highest BCUT2D eigenvalue weighted by Crippen LogP contribution is 2.15. The highest BCUT2D eigenvalue weighted by Gasteiger charge is 2.19. The van der Waals surface area contributed by atoms with Crippen molar-refractivity contribution in [2.45, 2.75) is 13.0 Å². The van der Waals surface area contributed by atoms with Crippen LogP contribution in [0.25, 0.3) is 0 Å². The molecule has 0 saturated carbocycles. The lowest BCUT2D eigenvalue weighted by atomic mass is 10.1. The Hall–Kier alpha value is -2.66. The van der Waals surface area contributed by atoms with Crippen LogP contribution in [0, 0.1) is 0 Å². The average Bonchev–Trinajstić information content (AvgIpc) is 2.54. The molecule has 6 heteroatoms. The number of nitrogens with one attached hydrogen (secondary N) is 1. The van der Waals surface area contributed by atoms with Gasteiger partial charge in [-0.3, -0.25) is 9.59 Å². The van der Waals surface area contributed by atoms with Gasteiger partial charge in [0, 0.05) is 16.3 Å². The summed E-state index contributed by atoms with van der Waals surface area (Å²) in [5.74, 6) is -1.11. The summed E-state index contributed by atoms with van der Waals surface area (Å²) in [5.41, 5.74) is 1.23. The van der Waals surface area contributed by atoms with E-state index < -0.39 is 18.0 Å². The van der Waals surface area contributed by atoms with Crippen LogP contribution in [0.4, 0.5) is 5.69 Å². The molecule has 1 amide bonds. The van der Waals surface area contributed by atoms with Gasteiger partial charge in [-0.15, -0.1) is 0 Å². The molecule has 0 fully saturated rings. The first kappa shape index (κ1) is 16.7. The largest absolute Gasteiger partial charge is 0.449 e. The van der Waals surface area contributed by atoms with Crippen LogP contribution in [0.15, 0.2) is 48.5 Å². The molecule has 2 aromatic rings. The molecule has 0 aliphatic heterocycles. The maximum Gasteiger partial charge on any atom is 0.338 e. The average molecular weight is 332 g/mol. The summed E-state index contributed by atoms with van der Waals surface area (Å²) in [4.78, 5) is 34.5. The van der Waals surface area contributed by atoms with Crippen LogP contribution in [0.2, 0.25) is 5.02 Å². The Labute approximate surface area is 138 Å². The quantitative estimate of drug-likeness (QED) is 0.673. The summed E-state index contributed by atoms with van der Waals surface area (Å²) in [7, 11) is 0. The molecule has 0 saturated heterocycles. The third kappa shape index (κ3) is 4.66. The lowest BCUT2D eigenvalue weighted by Crippen LogP contribution is -2.30. The van der Waals surface area contributed by atoms with Gasteiger partial charge in [0.2, 0.25) is 0 Å². The Morgan fingerprint density at radius 1 is 1.17 bits per heavy atom. The molecule has 0 radical (unpaired) electrons. The molecule has 5 nitrogen and oxygen atoms in total. The van der Waals surface area contributed by atoms with Crippen LogP contribution in [0.5, 0.6) is 0 Å². The molecule has 2 rings (SSSR count). The maximum atomic E-state index is 12.0. The van der Waals surface area contributed by atoms with Crippen LogP contribution in [-0.4, -0.2) is 24.3 Å². The van der Waals surface area contributed by atoms with Crippen molar-refractivity contribution < 1.29 is 19.1 Å². The minimum absolute atomic E-state index is 0.262. The molecule has 0 aliphatic rings. The zero-order valence-electron chi connectivity index (χ0n) is 12.3. The third-order valence-electron chi connectivity index (χ3n) is 3.03. The fourth-order valence-corrected chi connectivity index (χ4v) is 1.98. The van der Waals surface area contributed by atoms with E-state index in [4.69, 9.17) is 16.3 Å². The van der Waals surface area contributed by atoms with Gasteiger partial charge in [-0.05, 0) is 37.3 Å². The van der Waals surface area contributed by atoms with E-state index in [9.17, 15) is 14.4 Å². The van der Waals surface area contributed by atoms with E-state index in [-0.39, 0.29) is 5.56 Å². The summed E-state index contributed by atoms with van der Waals surface area (Å²) in [5, 5.41) is 3.10. The maximum absolute atomic E-state index is 12.0. The molecule has 0 spiro atoms. The van der Waals surface area contributed by atoms with E-state index in [0.29, 0.717) is 22.6 Å². The smallest absolute Gasteiger partial charge is 0.338 e. The van der Waals surface area contributed by atoms with Gasteiger partial charge in [0.25, 0.3) is 5.91 Å². The molecule has 0 aromatic heterocycles. The van der Waals surface area contributed by atoms with E-state index >= 15 is 0 Å². The fraction of sp³-hybridized carbons (Fsp3) is 0.118. The Balaban J connectivity index is 1.96. The molecule has 2 aromatic carbocycles. The van der Waals surface area contributed by atoms with Gasteiger partial charge >= 0.3 is 5.97 Å². The second kappa shape index (κ2) is 7.56. The van der Waals surface area contributed by atoms with Crippen LogP contribution >= 0.6 is 11.6 Å². The van der Waals surface area contributed by atoms with Crippen molar-refractivity contribution in [1.82, 2.24) is 0 Å². The van der Waals surface area contributed by atoms with Gasteiger partial charge in [0.1, 0.15) is 6.29 Å². The van der Waals surface area contributed by atoms with Crippen molar-refractivity contribution in [3.63, 3.8) is 0 Å². The number of carbonyl (C=O) groups excluding carboxylic acids is 3. The Morgan fingerprint density at radius 2 is 1.87 bits per heavy atom. The molecule has 0 unspecified atom stereocenters. The molecular formula is C17H14ClNO4. The number of rotatable bonds is 5. The molecule has 0 heterocycles. The van der Waals surface area contributed by atoms with Crippen molar-refractivity contribution in [3.8, 4) is 0 Å². The van der Waals surface area contributed by atoms with Gasteiger partial charge in [-0.2, -0.15) is 0 Å². The summed E-state index contributed by atoms with van der Waals surface area (Å²) >= 11 is 5.84.